The molecule has 2 heterocycles. The lowest BCUT2D eigenvalue weighted by molar-refractivity contribution is 0.415. The molecule has 0 unspecified atom stereocenters. The Bertz CT molecular complexity index is 1840. The molecule has 0 atom stereocenters. The molecule has 0 saturated heterocycles. The smallest absolute Gasteiger partial charge is 0.282 e. The summed E-state index contributed by atoms with van der Waals surface area (Å²) in [6, 6.07) is 26.1. The van der Waals surface area contributed by atoms with E-state index in [0.29, 0.717) is 33.0 Å². The molecule has 4 aromatic carbocycles. The number of furan rings is 1. The van der Waals surface area contributed by atoms with Crippen LogP contribution in [0.4, 0.5) is 0 Å². The first-order valence-corrected chi connectivity index (χ1v) is 11.3. The van der Waals surface area contributed by atoms with Crippen molar-refractivity contribution >= 4 is 50.5 Å². The van der Waals surface area contributed by atoms with Gasteiger partial charge in [-0.1, -0.05) is 54.1 Å². The molecule has 2 aromatic heterocycles. The molecular weight excluding hydrogens is 462 g/mol. The molecule has 0 radical (unpaired) electrons. The molecule has 7 heteroatoms. The number of halogens is 1. The van der Waals surface area contributed by atoms with Crippen molar-refractivity contribution < 1.29 is 9.15 Å². The SMILES string of the molecule is COc1ccc2ccccc2c1C=Nn1c(-c2cc3cc(Cl)ccc3o2)nc2ccccc2c1=O. The van der Waals surface area contributed by atoms with Gasteiger partial charge in [-0.2, -0.15) is 9.78 Å². The molecule has 6 rings (SSSR count). The van der Waals surface area contributed by atoms with Crippen molar-refractivity contribution in [1.82, 2.24) is 9.66 Å². The lowest BCUT2D eigenvalue weighted by Gasteiger charge is -2.10. The van der Waals surface area contributed by atoms with Crippen molar-refractivity contribution in [2.45, 2.75) is 0 Å². The average Bonchev–Trinajstić information content (AvgIpc) is 3.31. The number of methoxy groups -OCH3 is 1. The summed E-state index contributed by atoms with van der Waals surface area (Å²) in [7, 11) is 1.61. The maximum atomic E-state index is 13.5. The van der Waals surface area contributed by atoms with Gasteiger partial charge in [-0.05, 0) is 53.2 Å². The second kappa shape index (κ2) is 8.42. The highest BCUT2D eigenvalue weighted by molar-refractivity contribution is 6.31. The number of benzene rings is 4. The van der Waals surface area contributed by atoms with E-state index in [9.17, 15) is 4.79 Å². The van der Waals surface area contributed by atoms with E-state index in [1.807, 2.05) is 48.5 Å². The minimum absolute atomic E-state index is 0.288. The van der Waals surface area contributed by atoms with E-state index in [2.05, 4.69) is 5.10 Å². The predicted molar refractivity (Wildman–Crippen MR) is 140 cm³/mol. The fourth-order valence-electron chi connectivity index (χ4n) is 4.22. The highest BCUT2D eigenvalue weighted by Gasteiger charge is 2.17. The number of ether oxygens (including phenoxy) is 1. The third kappa shape index (κ3) is 3.64. The van der Waals surface area contributed by atoms with Gasteiger partial charge in [0.25, 0.3) is 5.56 Å². The zero-order chi connectivity index (χ0) is 23.9. The molecule has 35 heavy (non-hydrogen) atoms. The predicted octanol–water partition coefficient (Wildman–Crippen LogP) is 6.51. The van der Waals surface area contributed by atoms with Crippen LogP contribution in [0, 0.1) is 0 Å². The second-order valence-corrected chi connectivity index (χ2v) is 8.45. The Morgan fingerprint density at radius 2 is 1.74 bits per heavy atom. The Hall–Kier alpha value is -4.42. The second-order valence-electron chi connectivity index (χ2n) is 8.01. The summed E-state index contributed by atoms with van der Waals surface area (Å²) in [6.07, 6.45) is 1.63. The molecular formula is C28H18ClN3O3. The first-order valence-electron chi connectivity index (χ1n) is 10.9. The van der Waals surface area contributed by atoms with Gasteiger partial charge in [0, 0.05) is 16.0 Å². The van der Waals surface area contributed by atoms with Crippen molar-refractivity contribution in [3.63, 3.8) is 0 Å². The van der Waals surface area contributed by atoms with E-state index in [-0.39, 0.29) is 11.4 Å². The molecule has 6 aromatic rings. The van der Waals surface area contributed by atoms with Crippen LogP contribution in [0.5, 0.6) is 5.75 Å². The third-order valence-corrected chi connectivity index (χ3v) is 6.14. The van der Waals surface area contributed by atoms with E-state index in [1.165, 1.54) is 4.68 Å². The molecule has 0 bridgehead atoms. The quantitative estimate of drug-likeness (QED) is 0.270. The van der Waals surface area contributed by atoms with E-state index >= 15 is 0 Å². The Morgan fingerprint density at radius 1 is 0.943 bits per heavy atom. The summed E-state index contributed by atoms with van der Waals surface area (Å²) >= 11 is 6.15. The topological polar surface area (TPSA) is 69.6 Å². The number of hydrogen-bond donors (Lipinski definition) is 0. The molecule has 0 N–H and O–H groups in total. The van der Waals surface area contributed by atoms with Crippen LogP contribution in [-0.4, -0.2) is 23.0 Å². The number of rotatable bonds is 4. The van der Waals surface area contributed by atoms with Crippen LogP contribution < -0.4 is 10.3 Å². The minimum atomic E-state index is -0.306. The standard InChI is InChI=1S/C28H18ClN3O3/c1-34-25-12-10-17-6-2-3-7-20(17)22(25)16-30-32-27(31-23-9-5-4-8-21(23)28(32)33)26-15-18-14-19(29)11-13-24(18)35-26/h2-16H,1H3. The zero-order valence-corrected chi connectivity index (χ0v) is 19.4. The highest BCUT2D eigenvalue weighted by Crippen LogP contribution is 2.30. The molecule has 0 spiro atoms. The van der Waals surface area contributed by atoms with E-state index in [1.54, 1.807) is 49.7 Å². The van der Waals surface area contributed by atoms with Crippen LogP contribution in [0.2, 0.25) is 5.02 Å². The first-order chi connectivity index (χ1) is 17.1. The van der Waals surface area contributed by atoms with Gasteiger partial charge >= 0.3 is 0 Å². The van der Waals surface area contributed by atoms with Gasteiger partial charge in [-0.15, -0.1) is 0 Å². The molecule has 0 fully saturated rings. The van der Waals surface area contributed by atoms with Crippen LogP contribution in [-0.2, 0) is 0 Å². The van der Waals surface area contributed by atoms with E-state index in [0.717, 1.165) is 21.7 Å². The summed E-state index contributed by atoms with van der Waals surface area (Å²) < 4.78 is 12.9. The van der Waals surface area contributed by atoms with Gasteiger partial charge in [0.1, 0.15) is 11.3 Å². The fraction of sp³-hybridized carbons (Fsp3) is 0.0357. The van der Waals surface area contributed by atoms with Crippen LogP contribution in [0.15, 0.2) is 99.2 Å². The number of fused-ring (bicyclic) bond motifs is 3. The summed E-state index contributed by atoms with van der Waals surface area (Å²) in [5.74, 6) is 1.35. The highest BCUT2D eigenvalue weighted by atomic mass is 35.5. The molecule has 0 aliphatic carbocycles. The average molecular weight is 480 g/mol. The number of aromatic nitrogens is 2. The van der Waals surface area contributed by atoms with Gasteiger partial charge in [-0.25, -0.2) is 4.98 Å². The van der Waals surface area contributed by atoms with Crippen molar-refractivity contribution in [3.8, 4) is 17.3 Å². The van der Waals surface area contributed by atoms with Crippen LogP contribution in [0.25, 0.3) is 44.2 Å². The molecule has 0 aliphatic heterocycles. The number of para-hydroxylation sites is 1. The Morgan fingerprint density at radius 3 is 2.60 bits per heavy atom. The van der Waals surface area contributed by atoms with Crippen LogP contribution >= 0.6 is 11.6 Å². The molecule has 170 valence electrons. The molecule has 0 aliphatic rings. The number of nitrogens with zero attached hydrogens (tertiary/aromatic N) is 3. The van der Waals surface area contributed by atoms with E-state index < -0.39 is 0 Å². The minimum Gasteiger partial charge on any atom is -0.496 e. The summed E-state index contributed by atoms with van der Waals surface area (Å²) in [6.45, 7) is 0. The van der Waals surface area contributed by atoms with Gasteiger partial charge in [0.2, 0.25) is 5.82 Å². The molecule has 6 nitrogen and oxygen atoms in total. The summed E-state index contributed by atoms with van der Waals surface area (Å²) in [5.41, 5.74) is 1.64. The summed E-state index contributed by atoms with van der Waals surface area (Å²) in [4.78, 5) is 18.3. The third-order valence-electron chi connectivity index (χ3n) is 5.91. The Kier molecular flexibility index (Phi) is 5.08. The summed E-state index contributed by atoms with van der Waals surface area (Å²) in [5, 5.41) is 8.45. The maximum Gasteiger partial charge on any atom is 0.282 e. The van der Waals surface area contributed by atoms with Crippen LogP contribution in [0.3, 0.4) is 0 Å². The first kappa shape index (κ1) is 21.1. The van der Waals surface area contributed by atoms with Crippen molar-refractivity contribution in [2.75, 3.05) is 7.11 Å². The fourth-order valence-corrected chi connectivity index (χ4v) is 4.40. The van der Waals surface area contributed by atoms with E-state index in [4.69, 9.17) is 25.7 Å². The van der Waals surface area contributed by atoms with Gasteiger partial charge in [0.15, 0.2) is 5.76 Å². The monoisotopic (exact) mass is 479 g/mol. The Labute approximate surface area is 204 Å². The Balaban J connectivity index is 1.61. The number of hydrogen-bond acceptors (Lipinski definition) is 5. The van der Waals surface area contributed by atoms with Gasteiger partial charge < -0.3 is 9.15 Å². The van der Waals surface area contributed by atoms with Gasteiger partial charge in [0.05, 0.1) is 24.2 Å². The van der Waals surface area contributed by atoms with Crippen molar-refractivity contribution in [2.24, 2.45) is 5.10 Å². The zero-order valence-electron chi connectivity index (χ0n) is 18.6. The lowest BCUT2D eigenvalue weighted by atomic mass is 10.0. The van der Waals surface area contributed by atoms with Crippen molar-refractivity contribution in [1.29, 1.82) is 0 Å². The van der Waals surface area contributed by atoms with Gasteiger partial charge in [-0.3, -0.25) is 4.79 Å². The van der Waals surface area contributed by atoms with Crippen LogP contribution in [0.1, 0.15) is 5.56 Å². The van der Waals surface area contributed by atoms with Crippen molar-refractivity contribution in [3.05, 3.63) is 106 Å². The normalized spacial score (nSPS) is 11.7. The molecule has 0 amide bonds. The lowest BCUT2D eigenvalue weighted by Crippen LogP contribution is -2.20. The molecule has 0 saturated carbocycles. The largest absolute Gasteiger partial charge is 0.496 e. The maximum absolute atomic E-state index is 13.5.